The number of carbonyl (C=O) groups excluding carboxylic acids is 1. The molecule has 0 aromatic heterocycles. The molecule has 0 bridgehead atoms. The summed E-state index contributed by atoms with van der Waals surface area (Å²) in [7, 11) is 0. The van der Waals surface area contributed by atoms with Crippen LogP contribution >= 0.6 is 11.6 Å². The van der Waals surface area contributed by atoms with Crippen molar-refractivity contribution in [2.75, 3.05) is 39.3 Å². The summed E-state index contributed by atoms with van der Waals surface area (Å²) in [5.41, 5.74) is 0.785. The Morgan fingerprint density at radius 3 is 2.31 bits per heavy atom. The quantitative estimate of drug-likeness (QED) is 0.698. The summed E-state index contributed by atoms with van der Waals surface area (Å²) >= 11 is 6.22. The minimum Gasteiger partial charge on any atom is -0.303 e. The zero-order valence-electron chi connectivity index (χ0n) is 16.2. The number of carbonyl (C=O) groups is 1. The maximum atomic E-state index is 12.9. The number of likely N-dealkylation sites (tertiary alicyclic amines) is 2. The lowest BCUT2D eigenvalue weighted by atomic mass is 9.69. The number of Topliss-reactive ketones (excluding diaryl/α,β-unsaturated/α-hetero) is 1. The van der Waals surface area contributed by atoms with E-state index in [0.717, 1.165) is 43.1 Å². The van der Waals surface area contributed by atoms with Gasteiger partial charge in [-0.2, -0.15) is 0 Å². The van der Waals surface area contributed by atoms with Crippen molar-refractivity contribution in [2.45, 2.75) is 57.3 Å². The van der Waals surface area contributed by atoms with Crippen molar-refractivity contribution in [3.05, 3.63) is 34.9 Å². The second kappa shape index (κ2) is 9.34. The first-order valence-corrected chi connectivity index (χ1v) is 10.8. The summed E-state index contributed by atoms with van der Waals surface area (Å²) in [6.45, 7) is 8.95. The number of hydrogen-bond donors (Lipinski definition) is 0. The van der Waals surface area contributed by atoms with Crippen molar-refractivity contribution >= 4 is 17.4 Å². The highest BCUT2D eigenvalue weighted by Gasteiger charge is 2.41. The average molecular weight is 377 g/mol. The van der Waals surface area contributed by atoms with E-state index in [2.05, 4.69) is 15.9 Å². The van der Waals surface area contributed by atoms with Gasteiger partial charge in [0.15, 0.2) is 0 Å². The summed E-state index contributed by atoms with van der Waals surface area (Å²) in [4.78, 5) is 18.0. The SMILES string of the molecule is CCC(=O)C1(c2cccc(Cl)c2)CCN(CCCN2CCCCC2)CC1. The first-order valence-electron chi connectivity index (χ1n) is 10.4. The van der Waals surface area contributed by atoms with Crippen LogP contribution in [0.2, 0.25) is 5.02 Å². The van der Waals surface area contributed by atoms with Crippen LogP contribution in [0.15, 0.2) is 24.3 Å². The molecule has 0 unspecified atom stereocenters. The highest BCUT2D eigenvalue weighted by atomic mass is 35.5. The molecule has 1 aromatic rings. The maximum Gasteiger partial charge on any atom is 0.143 e. The molecule has 0 amide bonds. The van der Waals surface area contributed by atoms with Crippen molar-refractivity contribution in [1.29, 1.82) is 0 Å². The standard InChI is InChI=1S/C22H33ClN2O/c1-2-21(26)22(19-8-6-9-20(23)18-19)10-16-25(17-11-22)15-7-14-24-12-4-3-5-13-24/h6,8-9,18H,2-5,7,10-17H2,1H3. The first kappa shape index (κ1) is 19.9. The number of hydrogen-bond acceptors (Lipinski definition) is 3. The van der Waals surface area contributed by atoms with Crippen LogP contribution in [0.25, 0.3) is 0 Å². The largest absolute Gasteiger partial charge is 0.303 e. The molecule has 2 aliphatic heterocycles. The molecule has 2 heterocycles. The molecule has 3 nitrogen and oxygen atoms in total. The molecule has 0 aliphatic carbocycles. The third-order valence-electron chi connectivity index (χ3n) is 6.34. The van der Waals surface area contributed by atoms with Gasteiger partial charge in [-0.25, -0.2) is 0 Å². The van der Waals surface area contributed by atoms with Gasteiger partial charge in [-0.1, -0.05) is 37.1 Å². The molecule has 0 spiro atoms. The number of halogens is 1. The van der Waals surface area contributed by atoms with E-state index in [-0.39, 0.29) is 5.41 Å². The van der Waals surface area contributed by atoms with Crippen LogP contribution in [0.4, 0.5) is 0 Å². The Balaban J connectivity index is 1.56. The number of rotatable bonds is 7. The fourth-order valence-electron chi connectivity index (χ4n) is 4.71. The van der Waals surface area contributed by atoms with E-state index in [9.17, 15) is 4.79 Å². The van der Waals surface area contributed by atoms with Gasteiger partial charge in [-0.15, -0.1) is 0 Å². The Bertz CT molecular complexity index is 590. The van der Waals surface area contributed by atoms with Crippen molar-refractivity contribution in [3.8, 4) is 0 Å². The smallest absolute Gasteiger partial charge is 0.143 e. The third-order valence-corrected chi connectivity index (χ3v) is 6.57. The molecule has 0 N–H and O–H groups in total. The Hall–Kier alpha value is -0.900. The topological polar surface area (TPSA) is 23.6 Å². The molecule has 0 radical (unpaired) electrons. The van der Waals surface area contributed by atoms with Gasteiger partial charge in [-0.3, -0.25) is 4.79 Å². The van der Waals surface area contributed by atoms with Gasteiger partial charge in [0.25, 0.3) is 0 Å². The van der Waals surface area contributed by atoms with Gasteiger partial charge in [0, 0.05) is 11.4 Å². The Morgan fingerprint density at radius 1 is 1.04 bits per heavy atom. The van der Waals surface area contributed by atoms with Crippen LogP contribution in [0.5, 0.6) is 0 Å². The van der Waals surface area contributed by atoms with Gasteiger partial charge in [0.1, 0.15) is 5.78 Å². The van der Waals surface area contributed by atoms with E-state index >= 15 is 0 Å². The van der Waals surface area contributed by atoms with Crippen LogP contribution in [-0.4, -0.2) is 54.9 Å². The fourth-order valence-corrected chi connectivity index (χ4v) is 4.90. The summed E-state index contributed by atoms with van der Waals surface area (Å²) < 4.78 is 0. The van der Waals surface area contributed by atoms with E-state index in [0.29, 0.717) is 12.2 Å². The molecule has 26 heavy (non-hydrogen) atoms. The van der Waals surface area contributed by atoms with Gasteiger partial charge in [0.05, 0.1) is 5.41 Å². The molecule has 2 aliphatic rings. The third kappa shape index (κ3) is 4.68. The Kier molecular flexibility index (Phi) is 7.13. The van der Waals surface area contributed by atoms with E-state index < -0.39 is 0 Å². The molecule has 2 saturated heterocycles. The van der Waals surface area contributed by atoms with Gasteiger partial charge in [-0.05, 0) is 89.1 Å². The summed E-state index contributed by atoms with van der Waals surface area (Å²) in [6, 6.07) is 7.96. The minimum absolute atomic E-state index is 0.330. The lowest BCUT2D eigenvalue weighted by molar-refractivity contribution is -0.126. The second-order valence-electron chi connectivity index (χ2n) is 7.97. The molecular weight excluding hydrogens is 344 g/mol. The minimum atomic E-state index is -0.330. The number of nitrogens with zero attached hydrogens (tertiary/aromatic N) is 2. The van der Waals surface area contributed by atoms with Crippen LogP contribution in [-0.2, 0) is 10.2 Å². The Morgan fingerprint density at radius 2 is 1.69 bits per heavy atom. The van der Waals surface area contributed by atoms with E-state index in [4.69, 9.17) is 11.6 Å². The molecule has 0 saturated carbocycles. The summed E-state index contributed by atoms with van der Waals surface area (Å²) in [5.74, 6) is 0.368. The lowest BCUT2D eigenvalue weighted by Gasteiger charge is -2.41. The second-order valence-corrected chi connectivity index (χ2v) is 8.40. The van der Waals surface area contributed by atoms with E-state index in [1.165, 1.54) is 45.3 Å². The monoisotopic (exact) mass is 376 g/mol. The van der Waals surface area contributed by atoms with Crippen LogP contribution < -0.4 is 0 Å². The number of piperidine rings is 2. The molecule has 144 valence electrons. The highest BCUT2D eigenvalue weighted by Crippen LogP contribution is 2.38. The zero-order valence-corrected chi connectivity index (χ0v) is 16.9. The van der Waals surface area contributed by atoms with Crippen molar-refractivity contribution < 1.29 is 4.79 Å². The van der Waals surface area contributed by atoms with Gasteiger partial charge >= 0.3 is 0 Å². The van der Waals surface area contributed by atoms with E-state index in [1.807, 2.05) is 25.1 Å². The zero-order chi connectivity index (χ0) is 18.4. The number of ketones is 1. The van der Waals surface area contributed by atoms with Crippen LogP contribution in [0.3, 0.4) is 0 Å². The summed E-state index contributed by atoms with van der Waals surface area (Å²) in [5, 5.41) is 0.731. The van der Waals surface area contributed by atoms with Crippen molar-refractivity contribution in [3.63, 3.8) is 0 Å². The lowest BCUT2D eigenvalue weighted by Crippen LogP contribution is -2.47. The Labute approximate surface area is 163 Å². The fraction of sp³-hybridized carbons (Fsp3) is 0.682. The molecule has 2 fully saturated rings. The van der Waals surface area contributed by atoms with Gasteiger partial charge in [0.2, 0.25) is 0 Å². The first-order chi connectivity index (χ1) is 12.6. The van der Waals surface area contributed by atoms with E-state index in [1.54, 1.807) is 0 Å². The predicted molar refractivity (Wildman–Crippen MR) is 109 cm³/mol. The van der Waals surface area contributed by atoms with Crippen molar-refractivity contribution in [2.24, 2.45) is 0 Å². The van der Waals surface area contributed by atoms with Crippen LogP contribution in [0.1, 0.15) is 57.4 Å². The predicted octanol–water partition coefficient (Wildman–Crippen LogP) is 4.53. The number of benzene rings is 1. The molecular formula is C22H33ClN2O. The molecule has 0 atom stereocenters. The normalized spacial score (nSPS) is 21.6. The highest BCUT2D eigenvalue weighted by molar-refractivity contribution is 6.30. The van der Waals surface area contributed by atoms with Crippen LogP contribution in [0, 0.1) is 0 Å². The summed E-state index contributed by atoms with van der Waals surface area (Å²) in [6.07, 6.45) is 7.82. The molecule has 1 aromatic carbocycles. The maximum absolute atomic E-state index is 12.9. The van der Waals surface area contributed by atoms with Crippen molar-refractivity contribution in [1.82, 2.24) is 9.80 Å². The average Bonchev–Trinajstić information content (AvgIpc) is 2.69. The molecule has 3 rings (SSSR count). The van der Waals surface area contributed by atoms with Gasteiger partial charge < -0.3 is 9.80 Å². The molecule has 4 heteroatoms.